The van der Waals surface area contributed by atoms with Crippen LogP contribution < -0.4 is 15.5 Å². The Morgan fingerprint density at radius 3 is 2.54 bits per heavy atom. The van der Waals surface area contributed by atoms with E-state index < -0.39 is 0 Å². The average Bonchev–Trinajstić information content (AvgIpc) is 2.63. The van der Waals surface area contributed by atoms with Gasteiger partial charge < -0.3 is 20.4 Å². The minimum atomic E-state index is -0.0112. The number of rotatable bonds is 5. The Hall–Kier alpha value is -1.12. The number of halogens is 2. The highest BCUT2D eigenvalue weighted by molar-refractivity contribution is 5.94. The first-order chi connectivity index (χ1) is 11.7. The minimum Gasteiger partial charge on any atom is -0.354 e. The molecule has 2 aliphatic heterocycles. The highest BCUT2D eigenvalue weighted by atomic mass is 35.5. The van der Waals surface area contributed by atoms with Crippen molar-refractivity contribution >= 4 is 36.5 Å². The van der Waals surface area contributed by atoms with Gasteiger partial charge >= 0.3 is 0 Å². The third-order valence-electron chi connectivity index (χ3n) is 4.76. The molecule has 2 N–H and O–H groups in total. The molecule has 9 heteroatoms. The highest BCUT2D eigenvalue weighted by Crippen LogP contribution is 2.14. The molecule has 7 nitrogen and oxygen atoms in total. The normalized spacial score (nSPS) is 18.6. The van der Waals surface area contributed by atoms with Crippen LogP contribution in [0, 0.1) is 0 Å². The zero-order chi connectivity index (χ0) is 16.8. The maximum Gasteiger partial charge on any atom is 0.251 e. The summed E-state index contributed by atoms with van der Waals surface area (Å²) in [4.78, 5) is 23.7. The van der Waals surface area contributed by atoms with E-state index >= 15 is 0 Å². The molecule has 2 fully saturated rings. The van der Waals surface area contributed by atoms with Crippen LogP contribution in [0.3, 0.4) is 0 Å². The molecule has 3 rings (SSSR count). The molecular weight excluding hydrogens is 375 g/mol. The lowest BCUT2D eigenvalue weighted by Gasteiger charge is -2.33. The molecule has 1 amide bonds. The number of nitrogens with one attached hydrogen (secondary N) is 2. The summed E-state index contributed by atoms with van der Waals surface area (Å²) in [5.74, 6) is 0.890. The number of nitrogens with zero attached hydrogens (tertiary/aromatic N) is 4. The van der Waals surface area contributed by atoms with Crippen LogP contribution in [-0.4, -0.2) is 93.2 Å². The number of anilines is 1. The van der Waals surface area contributed by atoms with E-state index in [0.717, 1.165) is 64.7 Å². The van der Waals surface area contributed by atoms with E-state index in [1.165, 1.54) is 0 Å². The molecule has 0 atom stereocenters. The van der Waals surface area contributed by atoms with Crippen molar-refractivity contribution in [1.29, 1.82) is 0 Å². The van der Waals surface area contributed by atoms with Gasteiger partial charge in [0, 0.05) is 77.2 Å². The van der Waals surface area contributed by atoms with Crippen LogP contribution in [-0.2, 0) is 0 Å². The maximum absolute atomic E-state index is 12.4. The molecule has 0 bridgehead atoms. The molecule has 0 unspecified atom stereocenters. The fourth-order valence-corrected chi connectivity index (χ4v) is 3.13. The van der Waals surface area contributed by atoms with Crippen molar-refractivity contribution in [2.75, 3.05) is 77.4 Å². The highest BCUT2D eigenvalue weighted by Gasteiger charge is 2.17. The molecule has 1 aromatic heterocycles. The SMILES string of the molecule is CN1CCN(c2cc(C(=O)NCCN3CCNCC3)ccn2)CC1.Cl.Cl. The van der Waals surface area contributed by atoms with Crippen LogP contribution in [0.15, 0.2) is 18.3 Å². The first kappa shape index (κ1) is 22.9. The molecule has 3 heterocycles. The molecule has 1 aromatic rings. The summed E-state index contributed by atoms with van der Waals surface area (Å²) in [6, 6.07) is 3.70. The van der Waals surface area contributed by atoms with Crippen molar-refractivity contribution in [2.24, 2.45) is 0 Å². The van der Waals surface area contributed by atoms with E-state index in [-0.39, 0.29) is 30.7 Å². The number of amides is 1. The smallest absolute Gasteiger partial charge is 0.251 e. The van der Waals surface area contributed by atoms with Gasteiger partial charge in [-0.25, -0.2) is 4.98 Å². The van der Waals surface area contributed by atoms with Gasteiger partial charge in [-0.05, 0) is 19.2 Å². The predicted molar refractivity (Wildman–Crippen MR) is 110 cm³/mol. The number of hydrogen-bond donors (Lipinski definition) is 2. The standard InChI is InChI=1S/C17H28N6O.2ClH/c1-21-10-12-23(13-11-21)16-14-15(2-3-19-16)17(24)20-6-9-22-7-4-18-5-8-22;;/h2-3,14,18H,4-13H2,1H3,(H,20,24);2*1H. The Morgan fingerprint density at radius 2 is 1.85 bits per heavy atom. The number of hydrogen-bond acceptors (Lipinski definition) is 6. The van der Waals surface area contributed by atoms with Crippen LogP contribution in [0.4, 0.5) is 5.82 Å². The summed E-state index contributed by atoms with van der Waals surface area (Å²) in [6.45, 7) is 9.74. The number of piperazine rings is 2. The summed E-state index contributed by atoms with van der Waals surface area (Å²) in [7, 11) is 2.13. The zero-order valence-electron chi connectivity index (χ0n) is 15.3. The maximum atomic E-state index is 12.4. The molecule has 148 valence electrons. The monoisotopic (exact) mass is 404 g/mol. The Bertz CT molecular complexity index is 548. The predicted octanol–water partition coefficient (Wildman–Crippen LogP) is 0.312. The second kappa shape index (κ2) is 11.6. The Balaban J connectivity index is 0.00000169. The molecular formula is C17H30Cl2N6O. The summed E-state index contributed by atoms with van der Waals surface area (Å²) in [5, 5.41) is 6.36. The fraction of sp³-hybridized carbons (Fsp3) is 0.647. The lowest BCUT2D eigenvalue weighted by molar-refractivity contribution is 0.0947. The number of carbonyl (C=O) groups excluding carboxylic acids is 1. The summed E-state index contributed by atoms with van der Waals surface area (Å²) in [5.41, 5.74) is 0.694. The first-order valence-electron chi connectivity index (χ1n) is 8.83. The summed E-state index contributed by atoms with van der Waals surface area (Å²) >= 11 is 0. The molecule has 0 aromatic carbocycles. The zero-order valence-corrected chi connectivity index (χ0v) is 16.9. The molecule has 2 aliphatic rings. The van der Waals surface area contributed by atoms with Gasteiger partial charge in [-0.3, -0.25) is 9.69 Å². The van der Waals surface area contributed by atoms with Crippen LogP contribution in [0.5, 0.6) is 0 Å². The van der Waals surface area contributed by atoms with E-state index in [0.29, 0.717) is 12.1 Å². The van der Waals surface area contributed by atoms with Crippen LogP contribution >= 0.6 is 24.8 Å². The molecule has 0 spiro atoms. The van der Waals surface area contributed by atoms with Gasteiger partial charge in [-0.1, -0.05) is 0 Å². The molecule has 0 saturated carbocycles. The third-order valence-corrected chi connectivity index (χ3v) is 4.76. The number of aromatic nitrogens is 1. The average molecular weight is 405 g/mol. The second-order valence-corrected chi connectivity index (χ2v) is 6.54. The molecule has 26 heavy (non-hydrogen) atoms. The lowest BCUT2D eigenvalue weighted by atomic mass is 10.2. The third kappa shape index (κ3) is 6.55. The molecule has 2 saturated heterocycles. The van der Waals surface area contributed by atoms with E-state index in [2.05, 4.69) is 37.4 Å². The van der Waals surface area contributed by atoms with Crippen molar-refractivity contribution in [1.82, 2.24) is 25.4 Å². The van der Waals surface area contributed by atoms with Crippen molar-refractivity contribution in [3.63, 3.8) is 0 Å². The summed E-state index contributed by atoms with van der Waals surface area (Å²) in [6.07, 6.45) is 1.73. The minimum absolute atomic E-state index is 0. The van der Waals surface area contributed by atoms with Gasteiger partial charge in [0.1, 0.15) is 5.82 Å². The van der Waals surface area contributed by atoms with Crippen LogP contribution in [0.2, 0.25) is 0 Å². The van der Waals surface area contributed by atoms with E-state index in [1.54, 1.807) is 12.3 Å². The Kier molecular flexibility index (Phi) is 10.2. The number of carbonyl (C=O) groups is 1. The molecule has 0 radical (unpaired) electrons. The van der Waals surface area contributed by atoms with Crippen molar-refractivity contribution in [3.8, 4) is 0 Å². The van der Waals surface area contributed by atoms with Gasteiger partial charge in [0.25, 0.3) is 5.91 Å². The van der Waals surface area contributed by atoms with Gasteiger partial charge in [0.2, 0.25) is 0 Å². The van der Waals surface area contributed by atoms with E-state index in [4.69, 9.17) is 0 Å². The fourth-order valence-electron chi connectivity index (χ4n) is 3.13. The number of likely N-dealkylation sites (N-methyl/N-ethyl adjacent to an activating group) is 1. The summed E-state index contributed by atoms with van der Waals surface area (Å²) < 4.78 is 0. The van der Waals surface area contributed by atoms with Gasteiger partial charge in [0.15, 0.2) is 0 Å². The lowest BCUT2D eigenvalue weighted by Crippen LogP contribution is -2.46. The first-order valence-corrected chi connectivity index (χ1v) is 8.83. The van der Waals surface area contributed by atoms with Gasteiger partial charge in [-0.15, -0.1) is 24.8 Å². The van der Waals surface area contributed by atoms with Crippen molar-refractivity contribution < 1.29 is 4.79 Å². The van der Waals surface area contributed by atoms with E-state index in [1.807, 2.05) is 6.07 Å². The van der Waals surface area contributed by atoms with Gasteiger partial charge in [0.05, 0.1) is 0 Å². The second-order valence-electron chi connectivity index (χ2n) is 6.54. The van der Waals surface area contributed by atoms with Crippen molar-refractivity contribution in [2.45, 2.75) is 0 Å². The Labute approximate surface area is 168 Å². The quantitative estimate of drug-likeness (QED) is 0.736. The number of pyridine rings is 1. The largest absolute Gasteiger partial charge is 0.354 e. The van der Waals surface area contributed by atoms with Crippen LogP contribution in [0.25, 0.3) is 0 Å². The topological polar surface area (TPSA) is 63.7 Å². The Morgan fingerprint density at radius 1 is 1.15 bits per heavy atom. The van der Waals surface area contributed by atoms with E-state index in [9.17, 15) is 4.79 Å². The van der Waals surface area contributed by atoms with Gasteiger partial charge in [-0.2, -0.15) is 0 Å². The van der Waals surface area contributed by atoms with Crippen molar-refractivity contribution in [3.05, 3.63) is 23.9 Å². The van der Waals surface area contributed by atoms with Crippen LogP contribution in [0.1, 0.15) is 10.4 Å². The molecule has 0 aliphatic carbocycles.